The van der Waals surface area contributed by atoms with Gasteiger partial charge in [-0.05, 0) is 35.9 Å². The van der Waals surface area contributed by atoms with Crippen molar-refractivity contribution in [3.63, 3.8) is 0 Å². The van der Waals surface area contributed by atoms with Gasteiger partial charge in [-0.1, -0.05) is 12.1 Å². The molecule has 0 bridgehead atoms. The number of rotatable bonds is 6. The monoisotopic (exact) mass is 312 g/mol. The zero-order valence-electron chi connectivity index (χ0n) is 11.3. The van der Waals surface area contributed by atoms with Crippen LogP contribution in [0.25, 0.3) is 0 Å². The third-order valence-corrected chi connectivity index (χ3v) is 3.73. The number of halogens is 2. The van der Waals surface area contributed by atoms with E-state index in [-0.39, 0.29) is 17.2 Å². The molecule has 0 saturated heterocycles. The van der Waals surface area contributed by atoms with Gasteiger partial charge in [-0.2, -0.15) is 8.78 Å². The fourth-order valence-corrected chi connectivity index (χ4v) is 2.63. The van der Waals surface area contributed by atoms with E-state index in [1.54, 1.807) is 30.3 Å². The van der Waals surface area contributed by atoms with Crippen LogP contribution in [0.5, 0.6) is 17.2 Å². The van der Waals surface area contributed by atoms with E-state index in [1.165, 1.54) is 24.9 Å². The molecule has 21 heavy (non-hydrogen) atoms. The van der Waals surface area contributed by atoms with E-state index >= 15 is 0 Å². The van der Waals surface area contributed by atoms with Crippen LogP contribution in [0.1, 0.15) is 5.56 Å². The van der Waals surface area contributed by atoms with Gasteiger partial charge in [0.25, 0.3) is 0 Å². The zero-order chi connectivity index (χ0) is 15.2. The maximum atomic E-state index is 12.2. The minimum atomic E-state index is -2.88. The molecule has 0 aliphatic carbocycles. The number of alkyl halides is 2. The first-order chi connectivity index (χ1) is 10.1. The molecule has 0 unspecified atom stereocenters. The summed E-state index contributed by atoms with van der Waals surface area (Å²) in [7, 11) is 1.40. The average Bonchev–Trinajstić information content (AvgIpc) is 2.45. The van der Waals surface area contributed by atoms with Crippen molar-refractivity contribution in [3.8, 4) is 17.2 Å². The maximum Gasteiger partial charge on any atom is 0.387 e. The first kappa shape index (κ1) is 15.4. The molecule has 0 aliphatic heterocycles. The lowest BCUT2D eigenvalue weighted by Gasteiger charge is -2.11. The summed E-state index contributed by atoms with van der Waals surface area (Å²) in [5.41, 5.74) is 0.904. The lowest BCUT2D eigenvalue weighted by Crippen LogP contribution is -2.03. The van der Waals surface area contributed by atoms with Crippen molar-refractivity contribution in [1.82, 2.24) is 0 Å². The molecule has 0 aromatic heterocycles. The molecule has 0 amide bonds. The molecule has 1 N–H and O–H groups in total. The molecule has 2 rings (SSSR count). The standard InChI is InChI=1S/C15H14F2O3S/c1-19-14-7-10(5-6-13(14)20-15(16)17)9-21-12-4-2-3-11(18)8-12/h2-8,15,18H,9H2,1H3. The summed E-state index contributed by atoms with van der Waals surface area (Å²) in [5.74, 6) is 1.11. The predicted octanol–water partition coefficient (Wildman–Crippen LogP) is 4.29. The summed E-state index contributed by atoms with van der Waals surface area (Å²) < 4.78 is 33.9. The number of methoxy groups -OCH3 is 1. The van der Waals surface area contributed by atoms with Gasteiger partial charge in [0, 0.05) is 10.6 Å². The van der Waals surface area contributed by atoms with Gasteiger partial charge in [0.2, 0.25) is 0 Å². The zero-order valence-corrected chi connectivity index (χ0v) is 12.1. The van der Waals surface area contributed by atoms with Crippen LogP contribution in [0, 0.1) is 0 Å². The fraction of sp³-hybridized carbons (Fsp3) is 0.200. The predicted molar refractivity (Wildman–Crippen MR) is 77.3 cm³/mol. The molecule has 0 aliphatic rings. The SMILES string of the molecule is COc1cc(CSc2cccc(O)c2)ccc1OC(F)F. The molecule has 0 atom stereocenters. The van der Waals surface area contributed by atoms with Crippen molar-refractivity contribution in [3.05, 3.63) is 48.0 Å². The van der Waals surface area contributed by atoms with Crippen LogP contribution in [0.4, 0.5) is 8.78 Å². The van der Waals surface area contributed by atoms with Crippen molar-refractivity contribution in [1.29, 1.82) is 0 Å². The second-order valence-electron chi connectivity index (χ2n) is 4.15. The van der Waals surface area contributed by atoms with Crippen LogP contribution in [0.15, 0.2) is 47.4 Å². The number of thioether (sulfide) groups is 1. The Kier molecular flexibility index (Phi) is 5.27. The molecule has 2 aromatic carbocycles. The Balaban J connectivity index is 2.07. The van der Waals surface area contributed by atoms with Crippen molar-refractivity contribution in [2.24, 2.45) is 0 Å². The smallest absolute Gasteiger partial charge is 0.387 e. The van der Waals surface area contributed by atoms with Crippen LogP contribution >= 0.6 is 11.8 Å². The van der Waals surface area contributed by atoms with Gasteiger partial charge in [0.05, 0.1) is 7.11 Å². The van der Waals surface area contributed by atoms with E-state index in [9.17, 15) is 13.9 Å². The first-order valence-corrected chi connectivity index (χ1v) is 7.10. The Hall–Kier alpha value is -1.95. The number of benzene rings is 2. The van der Waals surface area contributed by atoms with Crippen LogP contribution in [-0.4, -0.2) is 18.8 Å². The summed E-state index contributed by atoms with van der Waals surface area (Å²) in [6.07, 6.45) is 0. The molecular weight excluding hydrogens is 298 g/mol. The molecule has 2 aromatic rings. The van der Waals surface area contributed by atoms with Crippen molar-refractivity contribution in [2.45, 2.75) is 17.3 Å². The summed E-state index contributed by atoms with van der Waals surface area (Å²) >= 11 is 1.52. The van der Waals surface area contributed by atoms with Gasteiger partial charge in [-0.25, -0.2) is 0 Å². The highest BCUT2D eigenvalue weighted by molar-refractivity contribution is 7.98. The second kappa shape index (κ2) is 7.17. The molecule has 3 nitrogen and oxygen atoms in total. The number of ether oxygens (including phenoxy) is 2. The highest BCUT2D eigenvalue weighted by atomic mass is 32.2. The Morgan fingerprint density at radius 2 is 1.95 bits per heavy atom. The molecule has 0 fully saturated rings. The van der Waals surface area contributed by atoms with Gasteiger partial charge < -0.3 is 14.6 Å². The lowest BCUT2D eigenvalue weighted by molar-refractivity contribution is -0.0512. The molecule has 0 heterocycles. The van der Waals surface area contributed by atoms with Crippen LogP contribution in [-0.2, 0) is 5.75 Å². The van der Waals surface area contributed by atoms with Gasteiger partial charge in [-0.3, -0.25) is 0 Å². The fourth-order valence-electron chi connectivity index (χ4n) is 1.74. The second-order valence-corrected chi connectivity index (χ2v) is 5.20. The van der Waals surface area contributed by atoms with Gasteiger partial charge in [0.1, 0.15) is 5.75 Å². The van der Waals surface area contributed by atoms with Crippen molar-refractivity contribution >= 4 is 11.8 Å². The van der Waals surface area contributed by atoms with Gasteiger partial charge >= 0.3 is 6.61 Å². The highest BCUT2D eigenvalue weighted by Gasteiger charge is 2.11. The normalized spacial score (nSPS) is 10.7. The Bertz CT molecular complexity index is 605. The van der Waals surface area contributed by atoms with E-state index in [4.69, 9.17) is 4.74 Å². The van der Waals surface area contributed by atoms with Crippen LogP contribution < -0.4 is 9.47 Å². The third-order valence-electron chi connectivity index (χ3n) is 2.67. The van der Waals surface area contributed by atoms with E-state index in [1.807, 2.05) is 6.07 Å². The molecule has 0 spiro atoms. The third kappa shape index (κ3) is 4.53. The summed E-state index contributed by atoms with van der Waals surface area (Å²) in [4.78, 5) is 0.918. The quantitative estimate of drug-likeness (QED) is 0.807. The van der Waals surface area contributed by atoms with Crippen LogP contribution in [0.2, 0.25) is 0 Å². The minimum Gasteiger partial charge on any atom is -0.508 e. The molecule has 6 heteroatoms. The summed E-state index contributed by atoms with van der Waals surface area (Å²) in [5, 5.41) is 9.39. The number of hydrogen-bond donors (Lipinski definition) is 1. The number of hydrogen-bond acceptors (Lipinski definition) is 4. The average molecular weight is 312 g/mol. The van der Waals surface area contributed by atoms with Crippen molar-refractivity contribution < 1.29 is 23.4 Å². The Morgan fingerprint density at radius 1 is 1.14 bits per heavy atom. The van der Waals surface area contributed by atoms with E-state index in [2.05, 4.69) is 4.74 Å². The van der Waals surface area contributed by atoms with E-state index < -0.39 is 6.61 Å². The molecule has 0 radical (unpaired) electrons. The maximum absolute atomic E-state index is 12.2. The minimum absolute atomic E-state index is 0.0126. The topological polar surface area (TPSA) is 38.7 Å². The van der Waals surface area contributed by atoms with E-state index in [0.29, 0.717) is 5.75 Å². The molecule has 0 saturated carbocycles. The van der Waals surface area contributed by atoms with E-state index in [0.717, 1.165) is 10.5 Å². The number of phenols is 1. The largest absolute Gasteiger partial charge is 0.508 e. The summed E-state index contributed by atoms with van der Waals surface area (Å²) in [6.45, 7) is -2.88. The van der Waals surface area contributed by atoms with Gasteiger partial charge in [0.15, 0.2) is 11.5 Å². The number of phenolic OH excluding ortho intramolecular Hbond substituents is 1. The first-order valence-electron chi connectivity index (χ1n) is 6.12. The molecular formula is C15H14F2O3S. The van der Waals surface area contributed by atoms with Crippen molar-refractivity contribution in [2.75, 3.05) is 7.11 Å². The number of aromatic hydroxyl groups is 1. The Morgan fingerprint density at radius 3 is 2.62 bits per heavy atom. The highest BCUT2D eigenvalue weighted by Crippen LogP contribution is 2.32. The summed E-state index contributed by atoms with van der Waals surface area (Å²) in [6, 6.07) is 11.7. The van der Waals surface area contributed by atoms with Gasteiger partial charge in [-0.15, -0.1) is 11.8 Å². The molecule has 112 valence electrons. The lowest BCUT2D eigenvalue weighted by atomic mass is 10.2. The van der Waals surface area contributed by atoms with Crippen LogP contribution in [0.3, 0.4) is 0 Å². The Labute approximate surface area is 125 Å².